The molecule has 10 nitrogen and oxygen atoms in total. The minimum Gasteiger partial charge on any atom is -0.497 e. The first-order chi connectivity index (χ1) is 19.3. The van der Waals surface area contributed by atoms with Gasteiger partial charge in [0.25, 0.3) is 3.79 Å². The number of esters is 2. The number of ether oxygens (including phenoxy) is 6. The van der Waals surface area contributed by atoms with Crippen LogP contribution in [0.1, 0.15) is 25.0 Å². The number of hydrogen-bond acceptors (Lipinski definition) is 10. The zero-order valence-electron chi connectivity index (χ0n) is 23.9. The summed E-state index contributed by atoms with van der Waals surface area (Å²) in [4.78, 5) is 21.5. The molecule has 0 radical (unpaired) electrons. The number of carbonyl (C=O) groups is 2. The zero-order chi connectivity index (χ0) is 31.4. The third-order valence-corrected chi connectivity index (χ3v) is 5.59. The van der Waals surface area contributed by atoms with Gasteiger partial charge in [0.2, 0.25) is 5.90 Å². The van der Waals surface area contributed by atoms with Gasteiger partial charge in [0.05, 0.1) is 60.1 Å². The van der Waals surface area contributed by atoms with E-state index in [0.29, 0.717) is 13.2 Å². The van der Waals surface area contributed by atoms with Crippen LogP contribution >= 0.6 is 34.8 Å². The highest BCUT2D eigenvalue weighted by atomic mass is 35.6. The van der Waals surface area contributed by atoms with Crippen molar-refractivity contribution in [2.45, 2.75) is 30.9 Å². The van der Waals surface area contributed by atoms with Crippen LogP contribution in [0, 0.1) is 17.2 Å². The van der Waals surface area contributed by atoms with Gasteiger partial charge in [0.15, 0.2) is 0 Å². The molecule has 2 aromatic carbocycles. The molecule has 0 spiro atoms. The number of rotatable bonds is 11. The Labute approximate surface area is 256 Å². The van der Waals surface area contributed by atoms with E-state index in [0.717, 1.165) is 22.6 Å². The average molecular weight is 639 g/mol. The van der Waals surface area contributed by atoms with Crippen molar-refractivity contribution < 1.29 is 43.1 Å². The molecule has 0 saturated heterocycles. The van der Waals surface area contributed by atoms with E-state index in [-0.39, 0.29) is 37.0 Å². The van der Waals surface area contributed by atoms with E-state index in [9.17, 15) is 9.59 Å². The lowest BCUT2D eigenvalue weighted by atomic mass is 10.2. The molecule has 0 aromatic heterocycles. The van der Waals surface area contributed by atoms with Crippen LogP contribution in [0.15, 0.2) is 48.5 Å². The smallest absolute Gasteiger partial charge is 0.310 e. The molecule has 2 atom stereocenters. The van der Waals surface area contributed by atoms with Gasteiger partial charge in [-0.25, -0.2) is 0 Å². The van der Waals surface area contributed by atoms with Gasteiger partial charge in [-0.3, -0.25) is 15.0 Å². The van der Waals surface area contributed by atoms with Crippen molar-refractivity contribution in [2.75, 3.05) is 41.7 Å². The summed E-state index contributed by atoms with van der Waals surface area (Å²) in [5, 5.41) is 15.7. The highest BCUT2D eigenvalue weighted by Crippen LogP contribution is 2.28. The van der Waals surface area contributed by atoms with Crippen LogP contribution in [0.2, 0.25) is 0 Å². The fourth-order valence-electron chi connectivity index (χ4n) is 2.58. The monoisotopic (exact) mass is 637 g/mol. The Balaban J connectivity index is 0.000000624. The lowest BCUT2D eigenvalue weighted by molar-refractivity contribution is -0.147. The number of aliphatic hydroxyl groups excluding tert-OH is 1. The maximum atomic E-state index is 11.1. The highest BCUT2D eigenvalue weighted by Gasteiger charge is 2.28. The Bertz CT molecular complexity index is 1030. The fraction of sp³-hybridized carbons (Fsp3) is 0.464. The maximum Gasteiger partial charge on any atom is 0.310 e. The molecule has 230 valence electrons. The molecule has 2 N–H and O–H groups in total. The summed E-state index contributed by atoms with van der Waals surface area (Å²) >= 11 is 16.4. The minimum atomic E-state index is -1.81. The molecule has 0 fully saturated rings. The molecule has 2 aromatic rings. The molecule has 0 heterocycles. The number of benzene rings is 2. The summed E-state index contributed by atoms with van der Waals surface area (Å²) in [5.74, 6) is -0.0734. The molecule has 0 aliphatic heterocycles. The van der Waals surface area contributed by atoms with E-state index in [2.05, 4.69) is 9.47 Å². The van der Waals surface area contributed by atoms with E-state index in [1.165, 1.54) is 14.2 Å². The minimum absolute atomic E-state index is 0.146. The molecule has 0 bridgehead atoms. The summed E-state index contributed by atoms with van der Waals surface area (Å²) in [7, 11) is 5.89. The third kappa shape index (κ3) is 16.9. The van der Waals surface area contributed by atoms with Gasteiger partial charge in [-0.15, -0.1) is 0 Å². The normalized spacial score (nSPS) is 11.8. The molecular formula is C28H38Cl3NO9. The van der Waals surface area contributed by atoms with Gasteiger partial charge >= 0.3 is 11.9 Å². The Hall–Kier alpha value is -2.76. The van der Waals surface area contributed by atoms with Gasteiger partial charge in [-0.2, -0.15) is 0 Å². The summed E-state index contributed by atoms with van der Waals surface area (Å²) in [5.41, 5.74) is 1.91. The molecule has 13 heteroatoms. The van der Waals surface area contributed by atoms with Gasteiger partial charge in [-0.05, 0) is 49.2 Å². The lowest BCUT2D eigenvalue weighted by Crippen LogP contribution is -2.20. The molecule has 41 heavy (non-hydrogen) atoms. The topological polar surface area (TPSA) is 134 Å². The van der Waals surface area contributed by atoms with E-state index in [1.54, 1.807) is 40.2 Å². The molecular weight excluding hydrogens is 601 g/mol. The Morgan fingerprint density at radius 2 is 1.20 bits per heavy atom. The van der Waals surface area contributed by atoms with Crippen LogP contribution in [0.4, 0.5) is 0 Å². The number of alkyl halides is 3. The van der Waals surface area contributed by atoms with Crippen molar-refractivity contribution >= 4 is 52.6 Å². The quantitative estimate of drug-likeness (QED) is 0.144. The molecule has 2 rings (SSSR count). The predicted octanol–water partition coefficient (Wildman–Crippen LogP) is 5.37. The summed E-state index contributed by atoms with van der Waals surface area (Å²) in [6, 6.07) is 14.8. The Morgan fingerprint density at radius 1 is 0.780 bits per heavy atom. The van der Waals surface area contributed by atoms with Crippen molar-refractivity contribution in [1.82, 2.24) is 0 Å². The SMILES string of the molecule is COC(=O)[C@@H](C)CO.COC(=O)[C@@H](C)COCc1ccc(OC)cc1.COc1ccc(COC(=N)C(Cl)(Cl)Cl)cc1. The Morgan fingerprint density at radius 3 is 1.54 bits per heavy atom. The van der Waals surface area contributed by atoms with Crippen molar-refractivity contribution in [3.8, 4) is 11.5 Å². The molecule has 0 unspecified atom stereocenters. The van der Waals surface area contributed by atoms with Crippen LogP contribution in [0.3, 0.4) is 0 Å². The molecule has 0 amide bonds. The van der Waals surface area contributed by atoms with Gasteiger partial charge in [0, 0.05) is 0 Å². The second kappa shape index (κ2) is 21.0. The van der Waals surface area contributed by atoms with Crippen molar-refractivity contribution in [3.63, 3.8) is 0 Å². The zero-order valence-corrected chi connectivity index (χ0v) is 26.2. The van der Waals surface area contributed by atoms with Crippen LogP contribution < -0.4 is 9.47 Å². The van der Waals surface area contributed by atoms with Crippen LogP contribution in [-0.2, 0) is 41.8 Å². The van der Waals surface area contributed by atoms with Crippen molar-refractivity contribution in [3.05, 3.63) is 59.7 Å². The molecule has 0 aliphatic carbocycles. The summed E-state index contributed by atoms with van der Waals surface area (Å²) < 4.78 is 27.6. The first-order valence-electron chi connectivity index (χ1n) is 12.2. The fourth-order valence-corrected chi connectivity index (χ4v) is 2.74. The van der Waals surface area contributed by atoms with Crippen LogP contribution in [-0.4, -0.2) is 68.4 Å². The number of carbonyl (C=O) groups excluding carboxylic acids is 2. The predicted molar refractivity (Wildman–Crippen MR) is 158 cm³/mol. The second-order valence-electron chi connectivity index (χ2n) is 8.36. The van der Waals surface area contributed by atoms with E-state index in [4.69, 9.17) is 64.3 Å². The average Bonchev–Trinajstić information content (AvgIpc) is 2.99. The van der Waals surface area contributed by atoms with Crippen molar-refractivity contribution in [1.29, 1.82) is 5.41 Å². The number of nitrogens with one attached hydrogen (secondary N) is 1. The first-order valence-corrected chi connectivity index (χ1v) is 13.3. The summed E-state index contributed by atoms with van der Waals surface area (Å²) in [6.45, 7) is 4.25. The highest BCUT2D eigenvalue weighted by molar-refractivity contribution is 6.76. The van der Waals surface area contributed by atoms with E-state index in [1.807, 2.05) is 36.4 Å². The largest absolute Gasteiger partial charge is 0.497 e. The number of halogens is 3. The maximum absolute atomic E-state index is 11.1. The molecule has 0 aliphatic rings. The van der Waals surface area contributed by atoms with Crippen molar-refractivity contribution in [2.24, 2.45) is 11.8 Å². The number of aliphatic hydroxyl groups is 1. The van der Waals surface area contributed by atoms with Gasteiger partial charge in [0.1, 0.15) is 18.1 Å². The first kappa shape index (κ1) is 38.2. The summed E-state index contributed by atoms with van der Waals surface area (Å²) in [6.07, 6.45) is 0. The lowest BCUT2D eigenvalue weighted by Gasteiger charge is -2.13. The van der Waals surface area contributed by atoms with Crippen LogP contribution in [0.5, 0.6) is 11.5 Å². The van der Waals surface area contributed by atoms with E-state index >= 15 is 0 Å². The molecule has 0 saturated carbocycles. The number of methoxy groups -OCH3 is 4. The number of hydrogen-bond donors (Lipinski definition) is 2. The Kier molecular flexibility index (Phi) is 19.6. The third-order valence-electron chi connectivity index (χ3n) is 5.08. The second-order valence-corrected chi connectivity index (χ2v) is 10.6. The van der Waals surface area contributed by atoms with Crippen LogP contribution in [0.25, 0.3) is 0 Å². The standard InChI is InChI=1S/C13H18O4.C10H10Cl3NO2.C5H10O3/c1-10(13(14)16-3)8-17-9-11-4-6-12(15-2)7-5-11;1-15-8-4-2-7(3-5-8)6-16-9(14)10(11,12)13;1-4(3-6)5(7)8-2/h4-7,10H,8-9H2,1-3H3;2-5,14H,6H2,1H3;4,6H,3H2,1-2H3/t10-;;4-/m0.0/s1. The van der Waals surface area contributed by atoms with E-state index < -0.39 is 9.69 Å². The van der Waals surface area contributed by atoms with Gasteiger partial charge in [-0.1, -0.05) is 59.1 Å². The van der Waals surface area contributed by atoms with Gasteiger partial charge < -0.3 is 33.5 Å².